The molecule has 0 radical (unpaired) electrons. The third kappa shape index (κ3) is 4.87. The minimum atomic E-state index is -1.14. The van der Waals surface area contributed by atoms with Crippen molar-refractivity contribution in [2.75, 3.05) is 6.61 Å². The molecule has 31 heavy (non-hydrogen) atoms. The number of rotatable bonds is 8. The van der Waals surface area contributed by atoms with E-state index < -0.39 is 30.1 Å². The van der Waals surface area contributed by atoms with Crippen molar-refractivity contribution in [2.45, 2.75) is 45.2 Å². The summed E-state index contributed by atoms with van der Waals surface area (Å²) < 4.78 is 5.52. The lowest BCUT2D eigenvalue weighted by atomic mass is 9.98. The zero-order valence-electron chi connectivity index (χ0n) is 17.9. The lowest BCUT2D eigenvalue weighted by Gasteiger charge is -2.24. The predicted molar refractivity (Wildman–Crippen MR) is 117 cm³/mol. The van der Waals surface area contributed by atoms with Gasteiger partial charge in [-0.15, -0.1) is 0 Å². The number of aliphatic carboxylic acids is 1. The number of fused-ring (bicyclic) bond motifs is 3. The molecule has 7 nitrogen and oxygen atoms in total. The van der Waals surface area contributed by atoms with Crippen LogP contribution in [0.2, 0.25) is 0 Å². The summed E-state index contributed by atoms with van der Waals surface area (Å²) in [6, 6.07) is 14.1. The van der Waals surface area contributed by atoms with Gasteiger partial charge in [0.1, 0.15) is 18.7 Å². The van der Waals surface area contributed by atoms with E-state index in [9.17, 15) is 14.4 Å². The first kappa shape index (κ1) is 22.3. The minimum Gasteiger partial charge on any atom is -0.480 e. The fourth-order valence-corrected chi connectivity index (χ4v) is 3.83. The Morgan fingerprint density at radius 3 is 2.03 bits per heavy atom. The lowest BCUT2D eigenvalue weighted by Crippen LogP contribution is -2.53. The summed E-state index contributed by atoms with van der Waals surface area (Å²) in [5, 5.41) is 14.1. The average molecular weight is 424 g/mol. The number of carbonyl (C=O) groups excluding carboxylic acids is 2. The molecule has 0 aromatic heterocycles. The fraction of sp³-hybridized carbons (Fsp3) is 0.375. The molecule has 0 bridgehead atoms. The Morgan fingerprint density at radius 2 is 1.52 bits per heavy atom. The summed E-state index contributed by atoms with van der Waals surface area (Å²) >= 11 is 0. The fourth-order valence-electron chi connectivity index (χ4n) is 3.83. The van der Waals surface area contributed by atoms with Gasteiger partial charge in [0.05, 0.1) is 0 Å². The summed E-state index contributed by atoms with van der Waals surface area (Å²) in [5.74, 6) is -1.96. The van der Waals surface area contributed by atoms with E-state index in [1.54, 1.807) is 0 Å². The molecule has 0 unspecified atom stereocenters. The van der Waals surface area contributed by atoms with Gasteiger partial charge in [0, 0.05) is 5.92 Å². The second kappa shape index (κ2) is 9.64. The maximum atomic E-state index is 12.5. The number of carboxylic acid groups (broad SMARTS) is 1. The van der Waals surface area contributed by atoms with Gasteiger partial charge in [-0.05, 0) is 35.1 Å². The molecular formula is C24H28N2O5. The van der Waals surface area contributed by atoms with Crippen LogP contribution in [0.3, 0.4) is 0 Å². The third-order valence-electron chi connectivity index (χ3n) is 5.84. The van der Waals surface area contributed by atoms with Gasteiger partial charge < -0.3 is 20.5 Å². The molecule has 3 rings (SSSR count). The van der Waals surface area contributed by atoms with Gasteiger partial charge in [-0.1, -0.05) is 68.8 Å². The summed E-state index contributed by atoms with van der Waals surface area (Å²) in [4.78, 5) is 36.1. The molecule has 2 aromatic carbocycles. The number of hydrogen-bond acceptors (Lipinski definition) is 4. The number of amides is 2. The van der Waals surface area contributed by atoms with Gasteiger partial charge in [-0.25, -0.2) is 4.79 Å². The van der Waals surface area contributed by atoms with Crippen LogP contribution >= 0.6 is 0 Å². The zero-order valence-corrected chi connectivity index (χ0v) is 17.9. The molecule has 2 aromatic rings. The lowest BCUT2D eigenvalue weighted by molar-refractivity contribution is -0.141. The van der Waals surface area contributed by atoms with E-state index in [1.165, 1.54) is 6.92 Å². The molecule has 2 amide bonds. The van der Waals surface area contributed by atoms with Crippen molar-refractivity contribution in [1.29, 1.82) is 0 Å². The SMILES string of the molecule is CC[C@@H](C)[C@@H](NC(=O)OCC1c2ccccc2-c2ccccc21)C(=O)N[C@H](C)C(=O)O. The standard InChI is InChI=1S/C24H28N2O5/c1-4-14(2)21(22(27)25-15(3)23(28)29)26-24(30)31-13-20-18-11-7-5-9-16(18)17-10-6-8-12-19(17)20/h5-12,14-15,20-21H,4,13H2,1-3H3,(H,25,27)(H,26,30)(H,28,29)/t14-,15-,21-/m1/s1. The van der Waals surface area contributed by atoms with Crippen LogP contribution in [0.25, 0.3) is 11.1 Å². The maximum Gasteiger partial charge on any atom is 0.407 e. The van der Waals surface area contributed by atoms with E-state index in [0.29, 0.717) is 6.42 Å². The number of carbonyl (C=O) groups is 3. The topological polar surface area (TPSA) is 105 Å². The molecule has 0 aliphatic heterocycles. The highest BCUT2D eigenvalue weighted by atomic mass is 16.5. The molecule has 3 N–H and O–H groups in total. The molecule has 0 saturated carbocycles. The van der Waals surface area contributed by atoms with Crippen molar-refractivity contribution in [1.82, 2.24) is 10.6 Å². The first-order chi connectivity index (χ1) is 14.8. The molecule has 3 atom stereocenters. The Balaban J connectivity index is 1.68. The van der Waals surface area contributed by atoms with Gasteiger partial charge in [0.15, 0.2) is 0 Å². The monoisotopic (exact) mass is 424 g/mol. The van der Waals surface area contributed by atoms with E-state index in [0.717, 1.165) is 22.3 Å². The Kier molecular flexibility index (Phi) is 6.95. The summed E-state index contributed by atoms with van der Waals surface area (Å²) in [5.41, 5.74) is 4.46. The van der Waals surface area contributed by atoms with Crippen molar-refractivity contribution in [2.24, 2.45) is 5.92 Å². The molecule has 0 saturated heterocycles. The number of hydrogen-bond donors (Lipinski definition) is 3. The van der Waals surface area contributed by atoms with Crippen molar-refractivity contribution >= 4 is 18.0 Å². The first-order valence-corrected chi connectivity index (χ1v) is 10.5. The normalized spacial score (nSPS) is 15.2. The van der Waals surface area contributed by atoms with E-state index in [-0.39, 0.29) is 18.4 Å². The zero-order chi connectivity index (χ0) is 22.5. The summed E-state index contributed by atoms with van der Waals surface area (Å²) in [6.07, 6.45) is -0.0753. The van der Waals surface area contributed by atoms with E-state index in [1.807, 2.05) is 50.2 Å². The van der Waals surface area contributed by atoms with E-state index >= 15 is 0 Å². The van der Waals surface area contributed by atoms with Gasteiger partial charge in [-0.2, -0.15) is 0 Å². The van der Waals surface area contributed by atoms with Gasteiger partial charge in [-0.3, -0.25) is 9.59 Å². The Morgan fingerprint density at radius 1 is 0.968 bits per heavy atom. The first-order valence-electron chi connectivity index (χ1n) is 10.5. The number of carboxylic acids is 1. The predicted octanol–water partition coefficient (Wildman–Crippen LogP) is 3.53. The molecule has 1 aliphatic rings. The van der Waals surface area contributed by atoms with Crippen molar-refractivity contribution in [3.05, 3.63) is 59.7 Å². The average Bonchev–Trinajstić information content (AvgIpc) is 3.09. The molecule has 7 heteroatoms. The second-order valence-corrected chi connectivity index (χ2v) is 7.90. The largest absolute Gasteiger partial charge is 0.480 e. The second-order valence-electron chi connectivity index (χ2n) is 7.90. The van der Waals surface area contributed by atoms with E-state index in [2.05, 4.69) is 22.8 Å². The molecule has 0 heterocycles. The van der Waals surface area contributed by atoms with Crippen LogP contribution in [0.15, 0.2) is 48.5 Å². The number of ether oxygens (including phenoxy) is 1. The van der Waals surface area contributed by atoms with Gasteiger partial charge >= 0.3 is 12.1 Å². The number of benzene rings is 2. The van der Waals surface area contributed by atoms with E-state index in [4.69, 9.17) is 9.84 Å². The Bertz CT molecular complexity index is 928. The van der Waals surface area contributed by atoms with Crippen LogP contribution in [0.4, 0.5) is 4.79 Å². The maximum absolute atomic E-state index is 12.5. The highest BCUT2D eigenvalue weighted by molar-refractivity contribution is 5.89. The quantitative estimate of drug-likeness (QED) is 0.601. The summed E-state index contributed by atoms with van der Waals surface area (Å²) in [6.45, 7) is 5.23. The highest BCUT2D eigenvalue weighted by Gasteiger charge is 2.31. The molecule has 0 fully saturated rings. The molecule has 0 spiro atoms. The number of nitrogens with one attached hydrogen (secondary N) is 2. The van der Waals surface area contributed by atoms with Gasteiger partial charge in [0.2, 0.25) is 5.91 Å². The van der Waals surface area contributed by atoms with Crippen LogP contribution in [0.5, 0.6) is 0 Å². The van der Waals surface area contributed by atoms with Crippen molar-refractivity contribution < 1.29 is 24.2 Å². The molecule has 164 valence electrons. The number of alkyl carbamates (subject to hydrolysis) is 1. The van der Waals surface area contributed by atoms with Crippen molar-refractivity contribution in [3.63, 3.8) is 0 Å². The van der Waals surface area contributed by atoms with Crippen LogP contribution in [0.1, 0.15) is 44.2 Å². The highest BCUT2D eigenvalue weighted by Crippen LogP contribution is 2.44. The van der Waals surface area contributed by atoms with Crippen LogP contribution < -0.4 is 10.6 Å². The Labute approximate surface area is 181 Å². The third-order valence-corrected chi connectivity index (χ3v) is 5.84. The smallest absolute Gasteiger partial charge is 0.407 e. The van der Waals surface area contributed by atoms with Crippen LogP contribution in [0, 0.1) is 5.92 Å². The molecule has 1 aliphatic carbocycles. The molecular weight excluding hydrogens is 396 g/mol. The minimum absolute atomic E-state index is 0.0824. The van der Waals surface area contributed by atoms with Crippen molar-refractivity contribution in [3.8, 4) is 11.1 Å². The Hall–Kier alpha value is -3.35. The van der Waals surface area contributed by atoms with Crippen LogP contribution in [-0.2, 0) is 14.3 Å². The van der Waals surface area contributed by atoms with Gasteiger partial charge in [0.25, 0.3) is 0 Å². The summed E-state index contributed by atoms with van der Waals surface area (Å²) in [7, 11) is 0. The van der Waals surface area contributed by atoms with Crippen LogP contribution in [-0.4, -0.2) is 41.8 Å².